The quantitative estimate of drug-likeness (QED) is 0.345. The summed E-state index contributed by atoms with van der Waals surface area (Å²) in [5, 5.41) is 15.4. The van der Waals surface area contributed by atoms with Crippen LogP contribution in [0.4, 0.5) is 0 Å². The van der Waals surface area contributed by atoms with Crippen molar-refractivity contribution in [2.24, 2.45) is 7.05 Å². The van der Waals surface area contributed by atoms with Crippen LogP contribution < -0.4 is 0 Å². The molecule has 0 radical (unpaired) electrons. The Hall–Kier alpha value is -3.60. The van der Waals surface area contributed by atoms with Gasteiger partial charge in [-0.3, -0.25) is 9.08 Å². The van der Waals surface area contributed by atoms with Crippen molar-refractivity contribution < 1.29 is 4.74 Å². The fraction of sp³-hybridized carbons (Fsp3) is 0.222. The van der Waals surface area contributed by atoms with Crippen molar-refractivity contribution in [2.45, 2.75) is 28.0 Å². The molecule has 0 unspecified atom stereocenters. The van der Waals surface area contributed by atoms with Crippen LogP contribution in [0.2, 0.25) is 0 Å². The van der Waals surface area contributed by atoms with Gasteiger partial charge in [-0.1, -0.05) is 23.9 Å². The second-order valence-electron chi connectivity index (χ2n) is 8.73. The maximum absolute atomic E-state index is 9.94. The van der Waals surface area contributed by atoms with E-state index in [0.29, 0.717) is 13.2 Å². The van der Waals surface area contributed by atoms with E-state index in [1.54, 1.807) is 16.4 Å². The highest BCUT2D eigenvalue weighted by molar-refractivity contribution is 7.99. The van der Waals surface area contributed by atoms with E-state index >= 15 is 0 Å². The number of nitrogens with zero attached hydrogens (tertiary/aromatic N) is 5. The van der Waals surface area contributed by atoms with Crippen LogP contribution in [0.5, 0.6) is 0 Å². The van der Waals surface area contributed by atoms with E-state index in [4.69, 9.17) is 4.74 Å². The van der Waals surface area contributed by atoms with Crippen molar-refractivity contribution in [2.75, 3.05) is 13.2 Å². The topological polar surface area (TPSA) is 68.1 Å². The predicted molar refractivity (Wildman–Crippen MR) is 133 cm³/mol. The summed E-state index contributed by atoms with van der Waals surface area (Å²) >= 11 is 1.72. The van der Waals surface area contributed by atoms with E-state index < -0.39 is 5.41 Å². The van der Waals surface area contributed by atoms with Crippen LogP contribution >= 0.6 is 11.8 Å². The number of hydrogen-bond donors (Lipinski definition) is 0. The first-order valence-electron chi connectivity index (χ1n) is 11.3. The number of imidazole rings is 1. The number of ether oxygens (including phenoxy) is 1. The largest absolute Gasteiger partial charge is 0.381 e. The number of fused-ring (bicyclic) bond motifs is 3. The summed E-state index contributed by atoms with van der Waals surface area (Å²) in [5.41, 5.74) is 4.73. The van der Waals surface area contributed by atoms with Crippen molar-refractivity contribution in [3.05, 3.63) is 78.8 Å². The third-order valence-corrected chi connectivity index (χ3v) is 7.60. The average Bonchev–Trinajstić information content (AvgIpc) is 3.50. The highest BCUT2D eigenvalue weighted by Crippen LogP contribution is 2.38. The van der Waals surface area contributed by atoms with Crippen molar-refractivity contribution in [3.8, 4) is 17.3 Å². The predicted octanol–water partition coefficient (Wildman–Crippen LogP) is 5.61. The lowest BCUT2D eigenvalue weighted by atomic mass is 9.75. The molecule has 4 heterocycles. The zero-order chi connectivity index (χ0) is 23.1. The van der Waals surface area contributed by atoms with E-state index in [0.717, 1.165) is 56.0 Å². The van der Waals surface area contributed by atoms with Gasteiger partial charge in [-0.05, 0) is 66.3 Å². The third kappa shape index (κ3) is 3.56. The molecule has 1 fully saturated rings. The number of aryl methyl sites for hydroxylation is 1. The first-order valence-corrected chi connectivity index (χ1v) is 12.1. The molecule has 6 rings (SSSR count). The molecule has 1 aliphatic heterocycles. The molecule has 0 atom stereocenters. The Morgan fingerprint density at radius 2 is 1.88 bits per heavy atom. The number of hydrogen-bond acceptors (Lipinski definition) is 5. The van der Waals surface area contributed by atoms with E-state index in [2.05, 4.69) is 75.1 Å². The molecule has 168 valence electrons. The van der Waals surface area contributed by atoms with E-state index in [1.165, 1.54) is 0 Å². The minimum atomic E-state index is -0.450. The zero-order valence-electron chi connectivity index (χ0n) is 18.8. The van der Waals surface area contributed by atoms with E-state index in [-0.39, 0.29) is 0 Å². The highest BCUT2D eigenvalue weighted by atomic mass is 32.2. The number of rotatable bonds is 4. The van der Waals surface area contributed by atoms with Gasteiger partial charge >= 0.3 is 0 Å². The molecule has 5 aromatic rings. The van der Waals surface area contributed by atoms with Gasteiger partial charge in [-0.25, -0.2) is 4.98 Å². The van der Waals surface area contributed by atoms with Crippen molar-refractivity contribution in [3.63, 3.8) is 0 Å². The second-order valence-corrected chi connectivity index (χ2v) is 9.88. The van der Waals surface area contributed by atoms with Gasteiger partial charge in [0.1, 0.15) is 5.65 Å². The van der Waals surface area contributed by atoms with Gasteiger partial charge < -0.3 is 4.74 Å². The van der Waals surface area contributed by atoms with Gasteiger partial charge in [0, 0.05) is 41.8 Å². The lowest BCUT2D eigenvalue weighted by Crippen LogP contribution is -2.32. The molecule has 0 N–H and O–H groups in total. The normalized spacial score (nSPS) is 15.5. The van der Waals surface area contributed by atoms with Crippen molar-refractivity contribution >= 4 is 28.3 Å². The number of benzene rings is 2. The average molecular weight is 466 g/mol. The molecule has 0 aliphatic carbocycles. The summed E-state index contributed by atoms with van der Waals surface area (Å²) < 4.78 is 9.50. The van der Waals surface area contributed by atoms with Crippen LogP contribution in [0, 0.1) is 11.3 Å². The molecule has 7 heteroatoms. The molecule has 3 aromatic heterocycles. The summed E-state index contributed by atoms with van der Waals surface area (Å²) in [7, 11) is 1.92. The third-order valence-electron chi connectivity index (χ3n) is 6.62. The molecule has 34 heavy (non-hydrogen) atoms. The SMILES string of the molecule is Cn1cc(-c2cnc3ccc4cc(Sc5cccc(C6(C#N)CCOCC6)c5)ccc4n23)cn1. The Bertz CT molecular complexity index is 1550. The Labute approximate surface area is 201 Å². The first kappa shape index (κ1) is 21.0. The minimum absolute atomic E-state index is 0.450. The van der Waals surface area contributed by atoms with E-state index in [9.17, 15) is 5.26 Å². The molecule has 1 saturated heterocycles. The lowest BCUT2D eigenvalue weighted by molar-refractivity contribution is 0.0675. The van der Waals surface area contributed by atoms with Gasteiger partial charge in [0.25, 0.3) is 0 Å². The van der Waals surface area contributed by atoms with Gasteiger partial charge in [0.05, 0.1) is 35.1 Å². The fourth-order valence-corrected chi connectivity index (χ4v) is 5.70. The summed E-state index contributed by atoms with van der Waals surface area (Å²) in [6.45, 7) is 1.28. The van der Waals surface area contributed by atoms with Crippen LogP contribution in [0.3, 0.4) is 0 Å². The second kappa shape index (κ2) is 8.32. The van der Waals surface area contributed by atoms with Crippen molar-refractivity contribution in [1.29, 1.82) is 5.26 Å². The minimum Gasteiger partial charge on any atom is -0.381 e. The molecule has 0 saturated carbocycles. The summed E-state index contributed by atoms with van der Waals surface area (Å²) in [4.78, 5) is 6.89. The van der Waals surface area contributed by atoms with Crippen LogP contribution in [0.15, 0.2) is 83.0 Å². The van der Waals surface area contributed by atoms with Gasteiger partial charge in [-0.15, -0.1) is 0 Å². The Kier molecular flexibility index (Phi) is 5.13. The molecule has 2 aromatic carbocycles. The molecule has 0 amide bonds. The standard InChI is InChI=1S/C27H23N5OS/c1-31-17-20(15-30-31)25-16-29-26-8-5-19-13-23(6-7-24(19)32(25)26)34-22-4-2-3-21(14-22)27(18-28)9-11-33-12-10-27/h2-8,13-17H,9-12H2,1H3. The molecular formula is C27H23N5OS. The summed E-state index contributed by atoms with van der Waals surface area (Å²) in [6.07, 6.45) is 7.26. The monoisotopic (exact) mass is 465 g/mol. The van der Waals surface area contributed by atoms with Crippen LogP contribution in [0.25, 0.3) is 27.8 Å². The maximum atomic E-state index is 9.94. The number of aromatic nitrogens is 4. The molecular weight excluding hydrogens is 442 g/mol. The Morgan fingerprint density at radius 3 is 2.68 bits per heavy atom. The zero-order valence-corrected chi connectivity index (χ0v) is 19.6. The molecule has 0 bridgehead atoms. The first-order chi connectivity index (χ1) is 16.6. The van der Waals surface area contributed by atoms with Gasteiger partial charge in [-0.2, -0.15) is 10.4 Å². The molecule has 6 nitrogen and oxygen atoms in total. The fourth-order valence-electron chi connectivity index (χ4n) is 4.77. The van der Waals surface area contributed by atoms with Gasteiger partial charge in [0.15, 0.2) is 0 Å². The summed E-state index contributed by atoms with van der Waals surface area (Å²) in [5.74, 6) is 0. The Morgan fingerprint density at radius 1 is 1.03 bits per heavy atom. The maximum Gasteiger partial charge on any atom is 0.137 e. The molecule has 1 aliphatic rings. The van der Waals surface area contributed by atoms with Gasteiger partial charge in [0.2, 0.25) is 0 Å². The molecule has 0 spiro atoms. The lowest BCUT2D eigenvalue weighted by Gasteiger charge is -2.31. The van der Waals surface area contributed by atoms with Crippen LogP contribution in [-0.2, 0) is 17.2 Å². The summed E-state index contributed by atoms with van der Waals surface area (Å²) in [6, 6.07) is 21.7. The number of nitriles is 1. The van der Waals surface area contributed by atoms with Crippen molar-refractivity contribution in [1.82, 2.24) is 19.2 Å². The highest BCUT2D eigenvalue weighted by Gasteiger charge is 2.34. The van der Waals surface area contributed by atoms with Crippen LogP contribution in [-0.4, -0.2) is 32.4 Å². The smallest absolute Gasteiger partial charge is 0.137 e. The van der Waals surface area contributed by atoms with Crippen LogP contribution in [0.1, 0.15) is 18.4 Å². The van der Waals surface area contributed by atoms with E-state index in [1.807, 2.05) is 25.6 Å². The Balaban J connectivity index is 1.36. The number of pyridine rings is 1.